The summed E-state index contributed by atoms with van der Waals surface area (Å²) in [7, 11) is 0. The van der Waals surface area contributed by atoms with Gasteiger partial charge in [-0.05, 0) is 50.8 Å². The van der Waals surface area contributed by atoms with Crippen molar-refractivity contribution >= 4 is 21.8 Å². The molecule has 2 heterocycles. The number of amides is 1. The second-order valence-corrected chi connectivity index (χ2v) is 7.02. The van der Waals surface area contributed by atoms with Crippen LogP contribution in [0.2, 0.25) is 0 Å². The largest absolute Gasteiger partial charge is 0.361 e. The normalized spacial score (nSPS) is 17.7. The second kappa shape index (κ2) is 6.87. The van der Waals surface area contributed by atoms with E-state index >= 15 is 0 Å². The standard InChI is InChI=1S/C18H21BrN2O2/c1-12-16(13(2)23-20-12)9-10-18(22)21-11-3-4-17(21)14-5-7-15(19)8-6-14/h5-8,17H,3-4,9-11H2,1-2H3/t17-/m0/s1. The van der Waals surface area contributed by atoms with E-state index < -0.39 is 0 Å². The number of aryl methyl sites for hydroxylation is 2. The van der Waals surface area contributed by atoms with Crippen LogP contribution in [0.15, 0.2) is 33.3 Å². The highest BCUT2D eigenvalue weighted by atomic mass is 79.9. The minimum Gasteiger partial charge on any atom is -0.361 e. The number of halogens is 1. The highest BCUT2D eigenvalue weighted by Gasteiger charge is 2.29. The summed E-state index contributed by atoms with van der Waals surface area (Å²) in [6, 6.07) is 8.50. The molecule has 0 unspecified atom stereocenters. The lowest BCUT2D eigenvalue weighted by atomic mass is 10.0. The highest BCUT2D eigenvalue weighted by Crippen LogP contribution is 2.33. The summed E-state index contributed by atoms with van der Waals surface area (Å²) in [5.41, 5.74) is 3.18. The number of rotatable bonds is 4. The number of carbonyl (C=O) groups excluding carboxylic acids is 1. The van der Waals surface area contributed by atoms with Crippen LogP contribution < -0.4 is 0 Å². The SMILES string of the molecule is Cc1noc(C)c1CCC(=O)N1CCC[C@H]1c1ccc(Br)cc1. The minimum atomic E-state index is 0.209. The maximum absolute atomic E-state index is 12.7. The molecule has 1 aromatic carbocycles. The predicted molar refractivity (Wildman–Crippen MR) is 92.1 cm³/mol. The summed E-state index contributed by atoms with van der Waals surface area (Å²) in [6.45, 7) is 4.68. The van der Waals surface area contributed by atoms with Crippen molar-refractivity contribution in [2.45, 2.75) is 45.6 Å². The van der Waals surface area contributed by atoms with Crippen LogP contribution in [-0.4, -0.2) is 22.5 Å². The Bertz CT molecular complexity index is 674. The van der Waals surface area contributed by atoms with Gasteiger partial charge in [0.25, 0.3) is 0 Å². The summed E-state index contributed by atoms with van der Waals surface area (Å²) in [4.78, 5) is 14.7. The van der Waals surface area contributed by atoms with Crippen molar-refractivity contribution in [3.63, 3.8) is 0 Å². The lowest BCUT2D eigenvalue weighted by Gasteiger charge is -2.25. The van der Waals surface area contributed by atoms with Gasteiger partial charge in [0.1, 0.15) is 5.76 Å². The van der Waals surface area contributed by atoms with Gasteiger partial charge in [0, 0.05) is 23.0 Å². The van der Waals surface area contributed by atoms with E-state index in [1.165, 1.54) is 5.56 Å². The summed E-state index contributed by atoms with van der Waals surface area (Å²) in [5.74, 6) is 1.04. The third-order valence-electron chi connectivity index (χ3n) is 4.60. The van der Waals surface area contributed by atoms with Gasteiger partial charge in [0.2, 0.25) is 5.91 Å². The molecule has 0 spiro atoms. The monoisotopic (exact) mass is 376 g/mol. The molecule has 1 amide bonds. The van der Waals surface area contributed by atoms with E-state index in [0.29, 0.717) is 12.8 Å². The molecule has 0 saturated carbocycles. The van der Waals surface area contributed by atoms with Crippen molar-refractivity contribution < 1.29 is 9.32 Å². The Balaban J connectivity index is 1.67. The Hall–Kier alpha value is -1.62. The Kier molecular flexibility index (Phi) is 4.85. The molecule has 3 rings (SSSR count). The first kappa shape index (κ1) is 16.2. The van der Waals surface area contributed by atoms with E-state index in [1.54, 1.807) is 0 Å². The highest BCUT2D eigenvalue weighted by molar-refractivity contribution is 9.10. The van der Waals surface area contributed by atoms with Crippen LogP contribution in [0.5, 0.6) is 0 Å². The molecular formula is C18H21BrN2O2. The summed E-state index contributed by atoms with van der Waals surface area (Å²) in [6.07, 6.45) is 3.32. The van der Waals surface area contributed by atoms with Gasteiger partial charge in [-0.2, -0.15) is 0 Å². The Labute approximate surface area is 145 Å². The van der Waals surface area contributed by atoms with Crippen molar-refractivity contribution in [3.8, 4) is 0 Å². The van der Waals surface area contributed by atoms with Gasteiger partial charge in [-0.15, -0.1) is 0 Å². The smallest absolute Gasteiger partial charge is 0.223 e. The average Bonchev–Trinajstić information content (AvgIpc) is 3.14. The zero-order valence-corrected chi connectivity index (χ0v) is 15.1. The van der Waals surface area contributed by atoms with Gasteiger partial charge >= 0.3 is 0 Å². The lowest BCUT2D eigenvalue weighted by Crippen LogP contribution is -2.30. The fraction of sp³-hybridized carbons (Fsp3) is 0.444. The number of nitrogens with zero attached hydrogens (tertiary/aromatic N) is 2. The number of carbonyl (C=O) groups is 1. The topological polar surface area (TPSA) is 46.3 Å². The van der Waals surface area contributed by atoms with Gasteiger partial charge in [-0.25, -0.2) is 0 Å². The number of hydrogen-bond acceptors (Lipinski definition) is 3. The molecule has 1 saturated heterocycles. The van der Waals surface area contributed by atoms with E-state index in [2.05, 4.69) is 33.2 Å². The van der Waals surface area contributed by atoms with Crippen LogP contribution in [0.4, 0.5) is 0 Å². The molecule has 4 nitrogen and oxygen atoms in total. The Morgan fingerprint density at radius 2 is 2.09 bits per heavy atom. The van der Waals surface area contributed by atoms with Crippen molar-refractivity contribution in [1.29, 1.82) is 0 Å². The molecule has 2 aromatic rings. The molecule has 1 aliphatic rings. The maximum Gasteiger partial charge on any atom is 0.223 e. The van der Waals surface area contributed by atoms with Gasteiger partial charge in [-0.1, -0.05) is 33.2 Å². The van der Waals surface area contributed by atoms with E-state index in [0.717, 1.165) is 40.9 Å². The van der Waals surface area contributed by atoms with Crippen molar-refractivity contribution in [2.75, 3.05) is 6.54 Å². The van der Waals surface area contributed by atoms with Crippen LogP contribution in [0.1, 0.15) is 47.9 Å². The molecule has 5 heteroatoms. The number of likely N-dealkylation sites (tertiary alicyclic amines) is 1. The van der Waals surface area contributed by atoms with Gasteiger partial charge < -0.3 is 9.42 Å². The number of hydrogen-bond donors (Lipinski definition) is 0. The first-order chi connectivity index (χ1) is 11.1. The molecule has 1 aliphatic heterocycles. The van der Waals surface area contributed by atoms with Crippen molar-refractivity contribution in [1.82, 2.24) is 10.1 Å². The van der Waals surface area contributed by atoms with E-state index in [4.69, 9.17) is 4.52 Å². The van der Waals surface area contributed by atoms with Gasteiger partial charge in [-0.3, -0.25) is 4.79 Å². The molecule has 0 radical (unpaired) electrons. The first-order valence-electron chi connectivity index (χ1n) is 8.03. The third kappa shape index (κ3) is 3.50. The number of benzene rings is 1. The first-order valence-corrected chi connectivity index (χ1v) is 8.82. The second-order valence-electron chi connectivity index (χ2n) is 6.10. The minimum absolute atomic E-state index is 0.209. The molecule has 1 fully saturated rings. The molecule has 0 bridgehead atoms. The van der Waals surface area contributed by atoms with Crippen LogP contribution in [0, 0.1) is 13.8 Å². The van der Waals surface area contributed by atoms with E-state index in [9.17, 15) is 4.79 Å². The summed E-state index contributed by atoms with van der Waals surface area (Å²) < 4.78 is 6.24. The van der Waals surface area contributed by atoms with Gasteiger partial charge in [0.15, 0.2) is 0 Å². The van der Waals surface area contributed by atoms with E-state index in [1.807, 2.05) is 30.9 Å². The molecule has 1 aromatic heterocycles. The molecule has 23 heavy (non-hydrogen) atoms. The molecule has 1 atom stereocenters. The quantitative estimate of drug-likeness (QED) is 0.796. The zero-order valence-electron chi connectivity index (χ0n) is 13.5. The van der Waals surface area contributed by atoms with Crippen LogP contribution in [0.3, 0.4) is 0 Å². The fourth-order valence-corrected chi connectivity index (χ4v) is 3.60. The molecule has 0 aliphatic carbocycles. The molecular weight excluding hydrogens is 356 g/mol. The zero-order chi connectivity index (χ0) is 16.4. The van der Waals surface area contributed by atoms with Crippen molar-refractivity contribution in [2.24, 2.45) is 0 Å². The number of aromatic nitrogens is 1. The molecule has 122 valence electrons. The van der Waals surface area contributed by atoms with Crippen molar-refractivity contribution in [3.05, 3.63) is 51.3 Å². The lowest BCUT2D eigenvalue weighted by molar-refractivity contribution is -0.132. The summed E-state index contributed by atoms with van der Waals surface area (Å²) in [5, 5.41) is 3.96. The van der Waals surface area contributed by atoms with Gasteiger partial charge in [0.05, 0.1) is 11.7 Å². The van der Waals surface area contributed by atoms with Crippen LogP contribution in [0.25, 0.3) is 0 Å². The van der Waals surface area contributed by atoms with E-state index in [-0.39, 0.29) is 11.9 Å². The summed E-state index contributed by atoms with van der Waals surface area (Å²) >= 11 is 3.46. The third-order valence-corrected chi connectivity index (χ3v) is 5.13. The average molecular weight is 377 g/mol. The van der Waals surface area contributed by atoms with Crippen LogP contribution in [-0.2, 0) is 11.2 Å². The molecule has 0 N–H and O–H groups in total. The fourth-order valence-electron chi connectivity index (χ4n) is 3.33. The maximum atomic E-state index is 12.7. The van der Waals surface area contributed by atoms with Crippen LogP contribution >= 0.6 is 15.9 Å². The Morgan fingerprint density at radius 3 is 2.74 bits per heavy atom. The Morgan fingerprint density at radius 1 is 1.35 bits per heavy atom. The predicted octanol–water partition coefficient (Wildman–Crippen LogP) is 4.35.